The fraction of sp³-hybridized carbons (Fsp3) is 0.545. The second-order valence-corrected chi connectivity index (χ2v) is 7.46. The molecule has 100 valence electrons. The van der Waals surface area contributed by atoms with Gasteiger partial charge in [0.05, 0.1) is 17.1 Å². The third-order valence-corrected chi connectivity index (χ3v) is 5.35. The van der Waals surface area contributed by atoms with Gasteiger partial charge in [-0.1, -0.05) is 6.92 Å². The van der Waals surface area contributed by atoms with Crippen LogP contribution in [0.3, 0.4) is 0 Å². The second kappa shape index (κ2) is 5.38. The monoisotopic (exact) mass is 287 g/mol. The Morgan fingerprint density at radius 3 is 3.00 bits per heavy atom. The quantitative estimate of drug-likeness (QED) is 0.812. The Hall–Kier alpha value is -0.920. The molecule has 0 aromatic carbocycles. The minimum atomic E-state index is -2.89. The summed E-state index contributed by atoms with van der Waals surface area (Å²) >= 11 is 1.60. The molecule has 2 aromatic rings. The minimum absolute atomic E-state index is 0.189. The van der Waals surface area contributed by atoms with Gasteiger partial charge in [-0.25, -0.2) is 13.4 Å². The number of sulfone groups is 1. The number of aromatic nitrogens is 2. The van der Waals surface area contributed by atoms with Gasteiger partial charge >= 0.3 is 0 Å². The lowest BCUT2D eigenvalue weighted by atomic mass is 10.3. The smallest absolute Gasteiger partial charge is 0.194 e. The highest BCUT2D eigenvalue weighted by Gasteiger charge is 2.10. The van der Waals surface area contributed by atoms with Crippen LogP contribution in [0.5, 0.6) is 0 Å². The van der Waals surface area contributed by atoms with Gasteiger partial charge in [-0.3, -0.25) is 4.40 Å². The van der Waals surface area contributed by atoms with E-state index in [-0.39, 0.29) is 11.5 Å². The average Bonchev–Trinajstić information content (AvgIpc) is 2.86. The third kappa shape index (κ3) is 2.90. The van der Waals surface area contributed by atoms with Gasteiger partial charge in [0.25, 0.3) is 0 Å². The van der Waals surface area contributed by atoms with Gasteiger partial charge in [0, 0.05) is 30.4 Å². The van der Waals surface area contributed by atoms with Crippen molar-refractivity contribution < 1.29 is 8.42 Å². The summed E-state index contributed by atoms with van der Waals surface area (Å²) in [5.74, 6) is 0.392. The molecule has 0 spiro atoms. The number of nitrogens with zero attached hydrogens (tertiary/aromatic N) is 2. The predicted octanol–water partition coefficient (Wildman–Crippen LogP) is 1.23. The van der Waals surface area contributed by atoms with E-state index in [1.165, 1.54) is 0 Å². The molecule has 0 saturated carbocycles. The highest BCUT2D eigenvalue weighted by Crippen LogP contribution is 2.16. The van der Waals surface area contributed by atoms with E-state index in [9.17, 15) is 8.42 Å². The summed E-state index contributed by atoms with van der Waals surface area (Å²) in [5.41, 5.74) is 2.09. The third-order valence-electron chi connectivity index (χ3n) is 2.88. The standard InChI is InChI=1S/C11H17N3O2S2/c1-3-18(15,16)7-4-12-8-10-9(2)13-11-14(10)5-6-17-11/h5-6,12H,3-4,7-8H2,1-2H3. The van der Waals surface area contributed by atoms with E-state index in [1.54, 1.807) is 18.3 Å². The van der Waals surface area contributed by atoms with E-state index in [4.69, 9.17) is 0 Å². The van der Waals surface area contributed by atoms with Crippen molar-refractivity contribution in [3.05, 3.63) is 23.0 Å². The number of thiazole rings is 1. The Morgan fingerprint density at radius 1 is 1.50 bits per heavy atom. The highest BCUT2D eigenvalue weighted by molar-refractivity contribution is 7.91. The van der Waals surface area contributed by atoms with Crippen LogP contribution in [0.15, 0.2) is 11.6 Å². The topological polar surface area (TPSA) is 63.5 Å². The lowest BCUT2D eigenvalue weighted by molar-refractivity contribution is 0.591. The van der Waals surface area contributed by atoms with Gasteiger partial charge in [-0.2, -0.15) is 0 Å². The van der Waals surface area contributed by atoms with Gasteiger partial charge in [-0.05, 0) is 6.92 Å². The number of fused-ring (bicyclic) bond motifs is 1. The average molecular weight is 287 g/mol. The van der Waals surface area contributed by atoms with Crippen LogP contribution in [-0.2, 0) is 16.4 Å². The van der Waals surface area contributed by atoms with E-state index >= 15 is 0 Å². The molecule has 0 aliphatic heterocycles. The molecule has 0 fully saturated rings. The van der Waals surface area contributed by atoms with E-state index in [2.05, 4.69) is 10.3 Å². The van der Waals surface area contributed by atoms with Crippen LogP contribution in [0.25, 0.3) is 4.96 Å². The van der Waals surface area contributed by atoms with Gasteiger partial charge in [-0.15, -0.1) is 11.3 Å². The molecule has 18 heavy (non-hydrogen) atoms. The van der Waals surface area contributed by atoms with Crippen LogP contribution in [-0.4, -0.2) is 35.9 Å². The first-order valence-corrected chi connectivity index (χ1v) is 8.56. The molecule has 2 rings (SSSR count). The number of rotatable bonds is 6. The fourth-order valence-electron chi connectivity index (χ4n) is 1.73. The van der Waals surface area contributed by atoms with Crippen LogP contribution >= 0.6 is 11.3 Å². The van der Waals surface area contributed by atoms with Crippen LogP contribution < -0.4 is 5.32 Å². The summed E-state index contributed by atoms with van der Waals surface area (Å²) in [4.78, 5) is 5.42. The van der Waals surface area contributed by atoms with Crippen molar-refractivity contribution in [3.63, 3.8) is 0 Å². The Balaban J connectivity index is 1.94. The number of aryl methyl sites for hydroxylation is 1. The van der Waals surface area contributed by atoms with E-state index in [0.717, 1.165) is 16.3 Å². The predicted molar refractivity (Wildman–Crippen MR) is 73.8 cm³/mol. The van der Waals surface area contributed by atoms with Crippen molar-refractivity contribution in [2.75, 3.05) is 18.1 Å². The molecule has 0 radical (unpaired) electrons. The van der Waals surface area contributed by atoms with Crippen LogP contribution in [0.1, 0.15) is 18.3 Å². The summed E-state index contributed by atoms with van der Waals surface area (Å²) in [6.07, 6.45) is 1.99. The first kappa shape index (κ1) is 13.5. The van der Waals surface area contributed by atoms with Crippen molar-refractivity contribution in [1.29, 1.82) is 0 Å². The number of nitrogens with one attached hydrogen (secondary N) is 1. The molecule has 0 amide bonds. The summed E-state index contributed by atoms with van der Waals surface area (Å²) in [6.45, 7) is 4.76. The van der Waals surface area contributed by atoms with Gasteiger partial charge in [0.1, 0.15) is 0 Å². The molecule has 2 aromatic heterocycles. The van der Waals surface area contributed by atoms with Gasteiger partial charge < -0.3 is 5.32 Å². The molecule has 5 nitrogen and oxygen atoms in total. The first-order chi connectivity index (χ1) is 8.53. The molecule has 0 aliphatic carbocycles. The summed E-state index contributed by atoms with van der Waals surface area (Å²) in [7, 11) is -2.89. The molecule has 0 saturated heterocycles. The Kier molecular flexibility index (Phi) is 4.04. The molecule has 1 N–H and O–H groups in total. The van der Waals surface area contributed by atoms with Gasteiger partial charge in [0.2, 0.25) is 0 Å². The lowest BCUT2D eigenvalue weighted by Crippen LogP contribution is -2.24. The zero-order valence-corrected chi connectivity index (χ0v) is 12.1. The summed E-state index contributed by atoms with van der Waals surface area (Å²) < 4.78 is 24.7. The van der Waals surface area contributed by atoms with Gasteiger partial charge in [0.15, 0.2) is 14.8 Å². The lowest BCUT2D eigenvalue weighted by Gasteiger charge is -2.05. The molecule has 0 unspecified atom stereocenters. The molecule has 0 bridgehead atoms. The van der Waals surface area contributed by atoms with Crippen molar-refractivity contribution in [2.24, 2.45) is 0 Å². The summed E-state index contributed by atoms with van der Waals surface area (Å²) in [5, 5.41) is 5.16. The first-order valence-electron chi connectivity index (χ1n) is 5.85. The fourth-order valence-corrected chi connectivity index (χ4v) is 3.26. The number of hydrogen-bond acceptors (Lipinski definition) is 5. The van der Waals surface area contributed by atoms with Crippen LogP contribution in [0.4, 0.5) is 0 Å². The normalized spacial score (nSPS) is 12.3. The number of imidazole rings is 1. The molecule has 0 atom stereocenters. The SMILES string of the molecule is CCS(=O)(=O)CCNCc1c(C)nc2sccn12. The maximum atomic E-state index is 11.3. The molecular formula is C11H17N3O2S2. The van der Waals surface area contributed by atoms with E-state index in [0.29, 0.717) is 13.1 Å². The maximum absolute atomic E-state index is 11.3. The molecule has 7 heteroatoms. The van der Waals surface area contributed by atoms with Crippen LogP contribution in [0, 0.1) is 6.92 Å². The molecular weight excluding hydrogens is 270 g/mol. The largest absolute Gasteiger partial charge is 0.310 e. The Labute approximate surface area is 111 Å². The van der Waals surface area contributed by atoms with Crippen molar-refractivity contribution >= 4 is 26.1 Å². The van der Waals surface area contributed by atoms with E-state index < -0.39 is 9.84 Å². The molecule has 0 aliphatic rings. The second-order valence-electron chi connectivity index (χ2n) is 4.11. The Bertz CT molecular complexity index is 628. The van der Waals surface area contributed by atoms with Crippen molar-refractivity contribution in [2.45, 2.75) is 20.4 Å². The van der Waals surface area contributed by atoms with Crippen LogP contribution in [0.2, 0.25) is 0 Å². The highest BCUT2D eigenvalue weighted by atomic mass is 32.2. The minimum Gasteiger partial charge on any atom is -0.310 e. The zero-order valence-electron chi connectivity index (χ0n) is 10.5. The molecule has 2 heterocycles. The number of hydrogen-bond donors (Lipinski definition) is 1. The Morgan fingerprint density at radius 2 is 2.28 bits per heavy atom. The van der Waals surface area contributed by atoms with Crippen molar-refractivity contribution in [1.82, 2.24) is 14.7 Å². The van der Waals surface area contributed by atoms with E-state index in [1.807, 2.05) is 22.9 Å². The maximum Gasteiger partial charge on any atom is 0.194 e. The summed E-state index contributed by atoms with van der Waals surface area (Å²) in [6, 6.07) is 0. The van der Waals surface area contributed by atoms with Crippen molar-refractivity contribution in [3.8, 4) is 0 Å². The zero-order chi connectivity index (χ0) is 13.2.